The Kier molecular flexibility index (Phi) is 7.66. The normalized spacial score (nSPS) is 11.0. The van der Waals surface area contributed by atoms with Crippen LogP contribution in [-0.2, 0) is 4.79 Å². The molecule has 0 heterocycles. The Bertz CT molecular complexity index is 758. The second-order valence-corrected chi connectivity index (χ2v) is 6.78. The summed E-state index contributed by atoms with van der Waals surface area (Å²) in [6, 6.07) is 13.3. The molecule has 0 spiro atoms. The van der Waals surface area contributed by atoms with Gasteiger partial charge in [0.25, 0.3) is 5.91 Å². The monoisotopic (exact) mass is 418 g/mol. The fraction of sp³-hybridized carbons (Fsp3) is 0.300. The van der Waals surface area contributed by atoms with Gasteiger partial charge in [-0.2, -0.15) is 5.10 Å². The minimum Gasteiger partial charge on any atom is -0.494 e. The summed E-state index contributed by atoms with van der Waals surface area (Å²) in [5.74, 6) is 1.53. The zero-order chi connectivity index (χ0) is 18.9. The van der Waals surface area contributed by atoms with E-state index in [4.69, 9.17) is 9.47 Å². The van der Waals surface area contributed by atoms with E-state index in [9.17, 15) is 4.79 Å². The largest absolute Gasteiger partial charge is 0.494 e. The Labute approximate surface area is 162 Å². The standard InChI is InChI=1S/C20H23BrN2O3/c1-4-25-18-9-10-19(21)16(11-18)12-22-23-20(24)13-26-17-7-5-15(6-8-17)14(2)3/h5-12,14H,4,13H2,1-3H3,(H,23,24)/b22-12-. The molecule has 0 unspecified atom stereocenters. The molecule has 0 fully saturated rings. The van der Waals surface area contributed by atoms with E-state index in [1.807, 2.05) is 49.4 Å². The molecule has 0 saturated heterocycles. The molecule has 1 N–H and O–H groups in total. The first kappa shape index (κ1) is 20.0. The Hall–Kier alpha value is -2.34. The maximum Gasteiger partial charge on any atom is 0.277 e. The van der Waals surface area contributed by atoms with Crippen LogP contribution in [-0.4, -0.2) is 25.3 Å². The maximum absolute atomic E-state index is 11.8. The molecule has 0 aromatic heterocycles. The van der Waals surface area contributed by atoms with Crippen LogP contribution in [0.5, 0.6) is 11.5 Å². The molecule has 0 saturated carbocycles. The molecule has 2 aromatic carbocycles. The number of carbonyl (C=O) groups excluding carboxylic acids is 1. The van der Waals surface area contributed by atoms with Crippen LogP contribution in [0.4, 0.5) is 0 Å². The quantitative estimate of drug-likeness (QED) is 0.506. The van der Waals surface area contributed by atoms with Gasteiger partial charge in [0.2, 0.25) is 0 Å². The van der Waals surface area contributed by atoms with Gasteiger partial charge in [-0.05, 0) is 48.7 Å². The van der Waals surface area contributed by atoms with Crippen LogP contribution in [0.25, 0.3) is 0 Å². The van der Waals surface area contributed by atoms with E-state index in [0.717, 1.165) is 15.8 Å². The van der Waals surface area contributed by atoms with Crippen molar-refractivity contribution in [3.8, 4) is 11.5 Å². The fourth-order valence-corrected chi connectivity index (χ4v) is 2.53. The first-order valence-electron chi connectivity index (χ1n) is 8.46. The second kappa shape index (κ2) is 9.97. The highest BCUT2D eigenvalue weighted by molar-refractivity contribution is 9.10. The number of rotatable bonds is 8. The van der Waals surface area contributed by atoms with Gasteiger partial charge in [-0.15, -0.1) is 0 Å². The first-order valence-corrected chi connectivity index (χ1v) is 9.26. The van der Waals surface area contributed by atoms with Crippen LogP contribution < -0.4 is 14.9 Å². The summed E-state index contributed by atoms with van der Waals surface area (Å²) < 4.78 is 11.8. The van der Waals surface area contributed by atoms with E-state index in [2.05, 4.69) is 40.3 Å². The zero-order valence-electron chi connectivity index (χ0n) is 15.2. The van der Waals surface area contributed by atoms with Gasteiger partial charge in [0.05, 0.1) is 12.8 Å². The minimum absolute atomic E-state index is 0.0987. The molecule has 0 atom stereocenters. The third-order valence-electron chi connectivity index (χ3n) is 3.59. The molecule has 26 heavy (non-hydrogen) atoms. The first-order chi connectivity index (χ1) is 12.5. The van der Waals surface area contributed by atoms with Crippen LogP contribution >= 0.6 is 15.9 Å². The Balaban J connectivity index is 1.84. The third kappa shape index (κ3) is 6.19. The highest BCUT2D eigenvalue weighted by atomic mass is 79.9. The molecule has 1 amide bonds. The summed E-state index contributed by atoms with van der Waals surface area (Å²) in [6.45, 7) is 6.67. The van der Waals surface area contributed by atoms with Crippen molar-refractivity contribution >= 4 is 28.1 Å². The molecule has 2 rings (SSSR count). The lowest BCUT2D eigenvalue weighted by molar-refractivity contribution is -0.123. The predicted octanol–water partition coefficient (Wildman–Crippen LogP) is 4.50. The predicted molar refractivity (Wildman–Crippen MR) is 107 cm³/mol. The topological polar surface area (TPSA) is 59.9 Å². The SMILES string of the molecule is CCOc1ccc(Br)c(/C=N\NC(=O)COc2ccc(C(C)C)cc2)c1. The maximum atomic E-state index is 11.8. The van der Waals surface area contributed by atoms with Crippen molar-refractivity contribution in [2.45, 2.75) is 26.7 Å². The molecule has 0 aliphatic rings. The average molecular weight is 419 g/mol. The second-order valence-electron chi connectivity index (χ2n) is 5.92. The van der Waals surface area contributed by atoms with E-state index in [1.165, 1.54) is 5.56 Å². The van der Waals surface area contributed by atoms with Gasteiger partial charge < -0.3 is 9.47 Å². The van der Waals surface area contributed by atoms with Crippen molar-refractivity contribution in [2.75, 3.05) is 13.2 Å². The molecule has 138 valence electrons. The number of benzene rings is 2. The highest BCUT2D eigenvalue weighted by Gasteiger charge is 2.04. The molecule has 2 aromatic rings. The fourth-order valence-electron chi connectivity index (χ4n) is 2.18. The van der Waals surface area contributed by atoms with Gasteiger partial charge in [-0.3, -0.25) is 4.79 Å². The van der Waals surface area contributed by atoms with Crippen molar-refractivity contribution in [2.24, 2.45) is 5.10 Å². The van der Waals surface area contributed by atoms with Crippen LogP contribution in [0.2, 0.25) is 0 Å². The number of ether oxygens (including phenoxy) is 2. The summed E-state index contributed by atoms with van der Waals surface area (Å²) in [5.41, 5.74) is 4.49. The molecule has 0 aliphatic carbocycles. The number of nitrogens with one attached hydrogen (secondary N) is 1. The van der Waals surface area contributed by atoms with Gasteiger partial charge >= 0.3 is 0 Å². The van der Waals surface area contributed by atoms with E-state index in [1.54, 1.807) is 6.21 Å². The van der Waals surface area contributed by atoms with Gasteiger partial charge in [-0.1, -0.05) is 41.9 Å². The summed E-state index contributed by atoms with van der Waals surface area (Å²) in [5, 5.41) is 3.96. The Morgan fingerprint density at radius 2 is 1.85 bits per heavy atom. The van der Waals surface area contributed by atoms with Gasteiger partial charge in [0.1, 0.15) is 11.5 Å². The zero-order valence-corrected chi connectivity index (χ0v) is 16.7. The van der Waals surface area contributed by atoms with E-state index in [0.29, 0.717) is 18.3 Å². The van der Waals surface area contributed by atoms with Crippen molar-refractivity contribution < 1.29 is 14.3 Å². The van der Waals surface area contributed by atoms with Crippen molar-refractivity contribution in [3.05, 3.63) is 58.1 Å². The summed E-state index contributed by atoms with van der Waals surface area (Å²) >= 11 is 3.44. The molecule has 0 radical (unpaired) electrons. The summed E-state index contributed by atoms with van der Waals surface area (Å²) in [6.07, 6.45) is 1.56. The van der Waals surface area contributed by atoms with Crippen molar-refractivity contribution in [1.29, 1.82) is 0 Å². The number of hydrazone groups is 1. The number of nitrogens with zero attached hydrogens (tertiary/aromatic N) is 1. The lowest BCUT2D eigenvalue weighted by Crippen LogP contribution is -2.24. The molecule has 0 bridgehead atoms. The van der Waals surface area contributed by atoms with Crippen molar-refractivity contribution in [1.82, 2.24) is 5.43 Å². The molecule has 6 heteroatoms. The van der Waals surface area contributed by atoms with E-state index < -0.39 is 0 Å². The number of halogens is 1. The number of hydrogen-bond acceptors (Lipinski definition) is 4. The minimum atomic E-state index is -0.328. The van der Waals surface area contributed by atoms with Crippen molar-refractivity contribution in [3.63, 3.8) is 0 Å². The van der Waals surface area contributed by atoms with E-state index in [-0.39, 0.29) is 12.5 Å². The van der Waals surface area contributed by atoms with E-state index >= 15 is 0 Å². The average Bonchev–Trinajstić information content (AvgIpc) is 2.63. The molecular weight excluding hydrogens is 396 g/mol. The Morgan fingerprint density at radius 3 is 2.50 bits per heavy atom. The number of amides is 1. The third-order valence-corrected chi connectivity index (χ3v) is 4.31. The lowest BCUT2D eigenvalue weighted by atomic mass is 10.0. The van der Waals surface area contributed by atoms with Crippen LogP contribution in [0.1, 0.15) is 37.8 Å². The van der Waals surface area contributed by atoms with Crippen LogP contribution in [0.15, 0.2) is 52.0 Å². The van der Waals surface area contributed by atoms with Gasteiger partial charge in [0, 0.05) is 10.0 Å². The number of hydrogen-bond donors (Lipinski definition) is 1. The van der Waals surface area contributed by atoms with Crippen LogP contribution in [0.3, 0.4) is 0 Å². The summed E-state index contributed by atoms with van der Waals surface area (Å²) in [4.78, 5) is 11.8. The molecule has 0 aliphatic heterocycles. The Morgan fingerprint density at radius 1 is 1.15 bits per heavy atom. The lowest BCUT2D eigenvalue weighted by Gasteiger charge is -2.08. The van der Waals surface area contributed by atoms with Gasteiger partial charge in [0.15, 0.2) is 6.61 Å². The van der Waals surface area contributed by atoms with Gasteiger partial charge in [-0.25, -0.2) is 5.43 Å². The highest BCUT2D eigenvalue weighted by Crippen LogP contribution is 2.21. The number of carbonyl (C=O) groups is 1. The smallest absolute Gasteiger partial charge is 0.277 e. The molecule has 5 nitrogen and oxygen atoms in total. The molecular formula is C20H23BrN2O3. The van der Waals surface area contributed by atoms with Crippen LogP contribution in [0, 0.1) is 0 Å². The summed E-state index contributed by atoms with van der Waals surface area (Å²) in [7, 11) is 0.